The van der Waals surface area contributed by atoms with E-state index in [-0.39, 0.29) is 0 Å². The van der Waals surface area contributed by atoms with Crippen LogP contribution in [0.1, 0.15) is 65.9 Å². The first-order valence-corrected chi connectivity index (χ1v) is 14.0. The lowest BCUT2D eigenvalue weighted by atomic mass is 9.78. The van der Waals surface area contributed by atoms with Gasteiger partial charge in [0.1, 0.15) is 5.78 Å². The Hall–Kier alpha value is -1.45. The first kappa shape index (κ1) is 25.6. The molecule has 188 valence electrons. The van der Waals surface area contributed by atoms with Crippen LogP contribution in [0.2, 0.25) is 0 Å². The normalized spacial score (nSPS) is 21.8. The summed E-state index contributed by atoms with van der Waals surface area (Å²) < 4.78 is 31.3. The maximum absolute atomic E-state index is 13.0. The van der Waals surface area contributed by atoms with Gasteiger partial charge in [-0.05, 0) is 51.0 Å². The minimum Gasteiger partial charge on any atom is -0.464 e. The standard InChI is InChI=1S/C25H35F2N3O2S2/c1-17-28-15-21(33-17)14-20(31)13-19-5-3-18(4-6-19)7-10-30-11-8-22-23(9-12-30)34-24(29-22)32-16-25(2,26)27/h15,18-19H,3-14,16H2,1-2H3. The van der Waals surface area contributed by atoms with E-state index in [1.165, 1.54) is 48.3 Å². The van der Waals surface area contributed by atoms with Crippen LogP contribution in [0.15, 0.2) is 6.20 Å². The molecule has 0 amide bonds. The van der Waals surface area contributed by atoms with Crippen molar-refractivity contribution in [3.63, 3.8) is 0 Å². The number of Topliss-reactive ketones (excluding diaryl/α,β-unsaturated/α-hetero) is 1. The monoisotopic (exact) mass is 511 g/mol. The summed E-state index contributed by atoms with van der Waals surface area (Å²) in [6.45, 7) is 5.26. The number of hydrogen-bond acceptors (Lipinski definition) is 7. The van der Waals surface area contributed by atoms with Crippen molar-refractivity contribution in [3.8, 4) is 5.19 Å². The second kappa shape index (κ2) is 11.5. The molecule has 0 bridgehead atoms. The molecule has 0 spiro atoms. The summed E-state index contributed by atoms with van der Waals surface area (Å²) in [4.78, 5) is 25.9. The molecule has 2 aromatic rings. The van der Waals surface area contributed by atoms with Gasteiger partial charge in [0.05, 0.1) is 10.7 Å². The molecule has 1 saturated carbocycles. The largest absolute Gasteiger partial charge is 0.464 e. The van der Waals surface area contributed by atoms with Crippen LogP contribution in [-0.2, 0) is 24.1 Å². The first-order valence-electron chi connectivity index (χ1n) is 12.4. The van der Waals surface area contributed by atoms with Gasteiger partial charge < -0.3 is 9.64 Å². The van der Waals surface area contributed by atoms with Gasteiger partial charge >= 0.3 is 0 Å². The molecule has 0 aromatic carbocycles. The SMILES string of the molecule is Cc1ncc(CC(=O)CC2CCC(CCN3CCc4nc(OCC(C)(F)F)sc4CC3)CC2)s1. The fraction of sp³-hybridized carbons (Fsp3) is 0.720. The van der Waals surface area contributed by atoms with Crippen LogP contribution in [0, 0.1) is 18.8 Å². The number of rotatable bonds is 10. The summed E-state index contributed by atoms with van der Waals surface area (Å²) in [5, 5.41) is 1.40. The van der Waals surface area contributed by atoms with E-state index in [1.807, 2.05) is 13.1 Å². The van der Waals surface area contributed by atoms with Gasteiger partial charge in [-0.15, -0.1) is 11.3 Å². The van der Waals surface area contributed by atoms with Gasteiger partial charge in [-0.3, -0.25) is 4.79 Å². The van der Waals surface area contributed by atoms with Gasteiger partial charge in [-0.1, -0.05) is 24.2 Å². The summed E-state index contributed by atoms with van der Waals surface area (Å²) in [6.07, 6.45) is 10.9. The van der Waals surface area contributed by atoms with Gasteiger partial charge in [0.2, 0.25) is 0 Å². The fourth-order valence-electron chi connectivity index (χ4n) is 5.02. The second-order valence-electron chi connectivity index (χ2n) is 9.99. The minimum absolute atomic E-state index is 0.356. The lowest BCUT2D eigenvalue weighted by Crippen LogP contribution is -2.30. The highest BCUT2D eigenvalue weighted by molar-refractivity contribution is 7.13. The number of aromatic nitrogens is 2. The van der Waals surface area contributed by atoms with Gasteiger partial charge in [-0.2, -0.15) is 0 Å². The van der Waals surface area contributed by atoms with Gasteiger partial charge in [0.15, 0.2) is 6.61 Å². The Kier molecular flexibility index (Phi) is 8.69. The molecule has 5 nitrogen and oxygen atoms in total. The lowest BCUT2D eigenvalue weighted by Gasteiger charge is -2.30. The van der Waals surface area contributed by atoms with Crippen molar-refractivity contribution >= 4 is 28.5 Å². The Labute approximate surface area is 208 Å². The molecule has 4 rings (SSSR count). The minimum atomic E-state index is -2.84. The van der Waals surface area contributed by atoms with E-state index in [9.17, 15) is 13.6 Å². The van der Waals surface area contributed by atoms with E-state index in [1.54, 1.807) is 11.3 Å². The average molecular weight is 512 g/mol. The first-order chi connectivity index (χ1) is 16.2. The fourth-order valence-corrected chi connectivity index (χ4v) is 6.79. The molecular weight excluding hydrogens is 476 g/mol. The van der Waals surface area contributed by atoms with E-state index >= 15 is 0 Å². The predicted molar refractivity (Wildman–Crippen MR) is 132 cm³/mol. The quantitative estimate of drug-likeness (QED) is 0.407. The highest BCUT2D eigenvalue weighted by Crippen LogP contribution is 2.34. The summed E-state index contributed by atoms with van der Waals surface area (Å²) in [5.74, 6) is -1.19. The molecule has 2 aliphatic rings. The van der Waals surface area contributed by atoms with Crippen LogP contribution in [0.3, 0.4) is 0 Å². The zero-order valence-corrected chi connectivity index (χ0v) is 21.8. The summed E-state index contributed by atoms with van der Waals surface area (Å²) in [7, 11) is 0. The number of halogens is 2. The zero-order valence-electron chi connectivity index (χ0n) is 20.2. The third-order valence-corrected chi connectivity index (χ3v) is 8.89. The maximum atomic E-state index is 13.0. The Morgan fingerprint density at radius 3 is 2.62 bits per heavy atom. The highest BCUT2D eigenvalue weighted by atomic mass is 32.1. The molecule has 0 atom stereocenters. The molecule has 0 saturated heterocycles. The van der Waals surface area contributed by atoms with Crippen LogP contribution in [-0.4, -0.2) is 52.8 Å². The summed E-state index contributed by atoms with van der Waals surface area (Å²) in [5.41, 5.74) is 1.01. The summed E-state index contributed by atoms with van der Waals surface area (Å²) in [6, 6.07) is 0. The van der Waals surface area contributed by atoms with Crippen LogP contribution in [0.25, 0.3) is 0 Å². The topological polar surface area (TPSA) is 55.3 Å². The second-order valence-corrected chi connectivity index (χ2v) is 12.4. The number of aryl methyl sites for hydroxylation is 1. The van der Waals surface area contributed by atoms with Crippen molar-refractivity contribution in [2.45, 2.75) is 77.6 Å². The van der Waals surface area contributed by atoms with Crippen LogP contribution in [0.5, 0.6) is 5.19 Å². The van der Waals surface area contributed by atoms with Gasteiger partial charge in [-0.25, -0.2) is 18.7 Å². The van der Waals surface area contributed by atoms with E-state index in [0.29, 0.717) is 29.7 Å². The lowest BCUT2D eigenvalue weighted by molar-refractivity contribution is -0.119. The summed E-state index contributed by atoms with van der Waals surface area (Å²) >= 11 is 3.05. The van der Waals surface area contributed by atoms with E-state index < -0.39 is 12.5 Å². The molecule has 1 aliphatic carbocycles. The van der Waals surface area contributed by atoms with Crippen molar-refractivity contribution in [1.29, 1.82) is 0 Å². The van der Waals surface area contributed by atoms with Gasteiger partial charge in [0, 0.05) is 55.2 Å². The number of thiazole rings is 2. The molecule has 0 radical (unpaired) electrons. The number of fused-ring (bicyclic) bond motifs is 1. The van der Waals surface area contributed by atoms with Crippen molar-refractivity contribution in [3.05, 3.63) is 26.7 Å². The molecular formula is C25H35F2N3O2S2. The predicted octanol–water partition coefficient (Wildman–Crippen LogP) is 5.74. The van der Waals surface area contributed by atoms with E-state index in [2.05, 4.69) is 14.9 Å². The van der Waals surface area contributed by atoms with Gasteiger partial charge in [0.25, 0.3) is 11.1 Å². The molecule has 0 unspecified atom stereocenters. The Bertz CT molecular complexity index is 923. The third-order valence-electron chi connectivity index (χ3n) is 6.90. The molecule has 34 heavy (non-hydrogen) atoms. The van der Waals surface area contributed by atoms with Crippen LogP contribution >= 0.6 is 22.7 Å². The number of ketones is 1. The third kappa shape index (κ3) is 7.78. The van der Waals surface area contributed by atoms with E-state index in [0.717, 1.165) is 60.9 Å². The molecule has 0 N–H and O–H groups in total. The smallest absolute Gasteiger partial charge is 0.278 e. The zero-order chi connectivity index (χ0) is 24.1. The number of carbonyl (C=O) groups excluding carboxylic acids is 1. The number of carbonyl (C=O) groups is 1. The number of nitrogens with zero attached hydrogens (tertiary/aromatic N) is 3. The molecule has 3 heterocycles. The van der Waals surface area contributed by atoms with Crippen molar-refractivity contribution in [2.24, 2.45) is 11.8 Å². The van der Waals surface area contributed by atoms with Crippen LogP contribution < -0.4 is 4.74 Å². The molecule has 9 heteroatoms. The number of alkyl halides is 2. The average Bonchev–Trinajstić information content (AvgIpc) is 3.32. The number of ether oxygens (including phenoxy) is 1. The highest BCUT2D eigenvalue weighted by Gasteiger charge is 2.26. The number of hydrogen-bond donors (Lipinski definition) is 0. The van der Waals surface area contributed by atoms with Crippen LogP contribution in [0.4, 0.5) is 8.78 Å². The Morgan fingerprint density at radius 1 is 1.18 bits per heavy atom. The van der Waals surface area contributed by atoms with Crippen molar-refractivity contribution in [1.82, 2.24) is 14.9 Å². The molecule has 1 fully saturated rings. The molecule has 1 aliphatic heterocycles. The van der Waals surface area contributed by atoms with Crippen molar-refractivity contribution in [2.75, 3.05) is 26.2 Å². The van der Waals surface area contributed by atoms with Crippen molar-refractivity contribution < 1.29 is 18.3 Å². The Morgan fingerprint density at radius 2 is 1.91 bits per heavy atom. The Balaban J connectivity index is 1.13. The molecule has 2 aromatic heterocycles. The maximum Gasteiger partial charge on any atom is 0.278 e. The van der Waals surface area contributed by atoms with E-state index in [4.69, 9.17) is 4.74 Å².